The van der Waals surface area contributed by atoms with Gasteiger partial charge in [0, 0.05) is 22.3 Å². The number of rotatable bonds is 5. The molecule has 0 amide bonds. The summed E-state index contributed by atoms with van der Waals surface area (Å²) in [4.78, 5) is 36.4. The van der Waals surface area contributed by atoms with Gasteiger partial charge in [-0.3, -0.25) is 14.9 Å². The predicted octanol–water partition coefficient (Wildman–Crippen LogP) is 6.42. The van der Waals surface area contributed by atoms with Gasteiger partial charge in [-0.15, -0.1) is 0 Å². The van der Waals surface area contributed by atoms with Gasteiger partial charge < -0.3 is 5.11 Å². The fourth-order valence-corrected chi connectivity index (χ4v) is 5.41. The van der Waals surface area contributed by atoms with Crippen molar-refractivity contribution in [3.63, 3.8) is 0 Å². The van der Waals surface area contributed by atoms with Crippen LogP contribution >= 0.6 is 0 Å². The second kappa shape index (κ2) is 8.52. The molecule has 6 nitrogen and oxygen atoms in total. The summed E-state index contributed by atoms with van der Waals surface area (Å²) in [5.41, 5.74) is 5.57. The van der Waals surface area contributed by atoms with E-state index in [0.29, 0.717) is 11.1 Å². The summed E-state index contributed by atoms with van der Waals surface area (Å²) in [7, 11) is 0. The highest BCUT2D eigenvalue weighted by atomic mass is 16.6. The lowest BCUT2D eigenvalue weighted by Gasteiger charge is -2.34. The third-order valence-electron chi connectivity index (χ3n) is 7.02. The first kappa shape index (κ1) is 23.4. The molecule has 0 heterocycles. The number of carboxylic acid groups (broad SMARTS) is 1. The lowest BCUT2D eigenvalue weighted by Crippen LogP contribution is -2.27. The van der Waals surface area contributed by atoms with Gasteiger partial charge in [0.15, 0.2) is 5.78 Å². The molecule has 3 aromatic carbocycles. The van der Waals surface area contributed by atoms with Crippen LogP contribution in [0.15, 0.2) is 48.5 Å². The maximum absolute atomic E-state index is 13.0. The Bertz CT molecular complexity index is 1340. The van der Waals surface area contributed by atoms with Crippen LogP contribution in [0.3, 0.4) is 0 Å². The fraction of sp³-hybridized carbons (Fsp3) is 0.286. The first-order valence-corrected chi connectivity index (χ1v) is 11.3. The van der Waals surface area contributed by atoms with Crippen molar-refractivity contribution in [1.29, 1.82) is 0 Å². The molecule has 1 aliphatic rings. The van der Waals surface area contributed by atoms with E-state index in [1.54, 1.807) is 43.3 Å². The molecule has 4 rings (SSSR count). The van der Waals surface area contributed by atoms with E-state index in [4.69, 9.17) is 0 Å². The zero-order chi connectivity index (χ0) is 24.8. The minimum absolute atomic E-state index is 0.0452. The molecule has 1 N–H and O–H groups in total. The second-order valence-electron chi connectivity index (χ2n) is 9.58. The minimum Gasteiger partial charge on any atom is -0.478 e. The molecule has 0 bridgehead atoms. The SMILES string of the molecule is Cc1c2c(c([N+](=O)[O-])c(C)c1-c1ccc(C(=O)c3ccccc3C(=O)O)cc1)C(C)(C)CCC2. The lowest BCUT2D eigenvalue weighted by atomic mass is 9.69. The van der Waals surface area contributed by atoms with Gasteiger partial charge in [-0.2, -0.15) is 0 Å². The van der Waals surface area contributed by atoms with Gasteiger partial charge in [0.1, 0.15) is 0 Å². The van der Waals surface area contributed by atoms with Gasteiger partial charge in [0.2, 0.25) is 0 Å². The number of nitro benzene ring substituents is 1. The summed E-state index contributed by atoms with van der Waals surface area (Å²) >= 11 is 0. The van der Waals surface area contributed by atoms with Crippen LogP contribution in [0.25, 0.3) is 11.1 Å². The Kier molecular flexibility index (Phi) is 5.86. The van der Waals surface area contributed by atoms with Crippen molar-refractivity contribution < 1.29 is 19.6 Å². The van der Waals surface area contributed by atoms with Crippen LogP contribution in [0.5, 0.6) is 0 Å². The zero-order valence-corrected chi connectivity index (χ0v) is 19.8. The molecule has 0 radical (unpaired) electrons. The van der Waals surface area contributed by atoms with E-state index < -0.39 is 5.97 Å². The number of fused-ring (bicyclic) bond motifs is 1. The summed E-state index contributed by atoms with van der Waals surface area (Å²) in [5.74, 6) is -1.53. The third-order valence-corrected chi connectivity index (χ3v) is 7.02. The maximum atomic E-state index is 13.0. The van der Waals surface area contributed by atoms with Crippen LogP contribution in [0.2, 0.25) is 0 Å². The van der Waals surface area contributed by atoms with Crippen molar-refractivity contribution in [2.75, 3.05) is 0 Å². The van der Waals surface area contributed by atoms with Crippen LogP contribution < -0.4 is 0 Å². The molecule has 1 aliphatic carbocycles. The standard InChI is InChI=1S/C28H27NO5/c1-16-20-10-7-15-28(3,4)24(20)25(29(33)34)17(2)23(16)18-11-13-19(14-12-18)26(30)21-8-5-6-9-22(21)27(31)32/h5-6,8-9,11-14H,7,10,15H2,1-4H3,(H,31,32). The highest BCUT2D eigenvalue weighted by Gasteiger charge is 2.38. The molecule has 0 spiro atoms. The summed E-state index contributed by atoms with van der Waals surface area (Å²) in [6.45, 7) is 7.97. The Balaban J connectivity index is 1.83. The zero-order valence-electron chi connectivity index (χ0n) is 19.8. The Morgan fingerprint density at radius 2 is 1.59 bits per heavy atom. The van der Waals surface area contributed by atoms with Crippen molar-refractivity contribution in [3.8, 4) is 11.1 Å². The average Bonchev–Trinajstić information content (AvgIpc) is 2.79. The van der Waals surface area contributed by atoms with Gasteiger partial charge >= 0.3 is 5.97 Å². The van der Waals surface area contributed by atoms with Crippen molar-refractivity contribution in [1.82, 2.24) is 0 Å². The molecule has 0 saturated heterocycles. The van der Waals surface area contributed by atoms with E-state index in [-0.39, 0.29) is 32.9 Å². The molecule has 0 aromatic heterocycles. The number of hydrogen-bond donors (Lipinski definition) is 1. The van der Waals surface area contributed by atoms with Crippen LogP contribution in [-0.2, 0) is 11.8 Å². The third kappa shape index (κ3) is 3.79. The number of carboxylic acids is 1. The highest BCUT2D eigenvalue weighted by Crippen LogP contribution is 2.48. The number of carbonyl (C=O) groups is 2. The predicted molar refractivity (Wildman–Crippen MR) is 131 cm³/mol. The molecule has 0 atom stereocenters. The number of ketones is 1. The molecular formula is C28H27NO5. The van der Waals surface area contributed by atoms with E-state index in [1.807, 2.05) is 6.92 Å². The topological polar surface area (TPSA) is 97.5 Å². The Morgan fingerprint density at radius 3 is 2.18 bits per heavy atom. The van der Waals surface area contributed by atoms with Crippen molar-refractivity contribution >= 4 is 17.4 Å². The summed E-state index contributed by atoms with van der Waals surface area (Å²) in [6.07, 6.45) is 2.70. The number of benzene rings is 3. The Hall–Kier alpha value is -3.80. The maximum Gasteiger partial charge on any atom is 0.336 e. The quantitative estimate of drug-likeness (QED) is 0.271. The largest absolute Gasteiger partial charge is 0.478 e. The number of nitrogens with zero attached hydrogens (tertiary/aromatic N) is 1. The fourth-order valence-electron chi connectivity index (χ4n) is 5.41. The summed E-state index contributed by atoms with van der Waals surface area (Å²) in [5, 5.41) is 21.6. The number of aromatic carboxylic acids is 1. The van der Waals surface area contributed by atoms with Gasteiger partial charge in [0.25, 0.3) is 5.69 Å². The number of hydrogen-bond acceptors (Lipinski definition) is 4. The summed E-state index contributed by atoms with van der Waals surface area (Å²) in [6, 6.07) is 13.0. The van der Waals surface area contributed by atoms with Gasteiger partial charge in [-0.05, 0) is 66.8 Å². The molecule has 0 aliphatic heterocycles. The Labute approximate surface area is 198 Å². The van der Waals surface area contributed by atoms with Crippen molar-refractivity contribution in [2.45, 2.75) is 52.4 Å². The lowest BCUT2D eigenvalue weighted by molar-refractivity contribution is -0.386. The average molecular weight is 458 g/mol. The van der Waals surface area contributed by atoms with E-state index in [1.165, 1.54) is 12.1 Å². The summed E-state index contributed by atoms with van der Waals surface area (Å²) < 4.78 is 0. The van der Waals surface area contributed by atoms with Crippen molar-refractivity contribution in [3.05, 3.63) is 97.6 Å². The van der Waals surface area contributed by atoms with Crippen LogP contribution in [0.1, 0.15) is 75.2 Å². The molecule has 34 heavy (non-hydrogen) atoms. The molecule has 3 aromatic rings. The van der Waals surface area contributed by atoms with Gasteiger partial charge in [-0.1, -0.05) is 56.3 Å². The molecule has 6 heteroatoms. The van der Waals surface area contributed by atoms with Gasteiger partial charge in [0.05, 0.1) is 10.5 Å². The van der Waals surface area contributed by atoms with E-state index >= 15 is 0 Å². The smallest absolute Gasteiger partial charge is 0.336 e. The van der Waals surface area contributed by atoms with E-state index in [9.17, 15) is 24.8 Å². The second-order valence-corrected chi connectivity index (χ2v) is 9.58. The van der Waals surface area contributed by atoms with Crippen LogP contribution in [0, 0.1) is 24.0 Å². The first-order valence-electron chi connectivity index (χ1n) is 11.3. The molecule has 0 saturated carbocycles. The monoisotopic (exact) mass is 457 g/mol. The molecular weight excluding hydrogens is 430 g/mol. The van der Waals surface area contributed by atoms with Crippen molar-refractivity contribution in [2.24, 2.45) is 0 Å². The van der Waals surface area contributed by atoms with E-state index in [0.717, 1.165) is 47.1 Å². The Morgan fingerprint density at radius 1 is 0.971 bits per heavy atom. The molecule has 174 valence electrons. The van der Waals surface area contributed by atoms with Crippen LogP contribution in [0.4, 0.5) is 5.69 Å². The van der Waals surface area contributed by atoms with E-state index in [2.05, 4.69) is 13.8 Å². The van der Waals surface area contributed by atoms with Gasteiger partial charge in [-0.25, -0.2) is 4.79 Å². The normalized spacial score (nSPS) is 14.4. The first-order chi connectivity index (χ1) is 16.0. The molecule has 0 unspecified atom stereocenters. The number of nitro groups is 1. The minimum atomic E-state index is -1.16. The molecule has 0 fully saturated rings. The van der Waals surface area contributed by atoms with Crippen LogP contribution in [-0.4, -0.2) is 21.8 Å². The highest BCUT2D eigenvalue weighted by molar-refractivity contribution is 6.14. The number of carbonyl (C=O) groups excluding carboxylic acids is 1.